The summed E-state index contributed by atoms with van der Waals surface area (Å²) in [7, 11) is 0. The molecule has 0 bridgehead atoms. The zero-order valence-corrected chi connectivity index (χ0v) is 5.40. The summed E-state index contributed by atoms with van der Waals surface area (Å²) in [6.07, 6.45) is -4.94. The van der Waals surface area contributed by atoms with Gasteiger partial charge in [-0.15, -0.1) is 0 Å². The summed E-state index contributed by atoms with van der Waals surface area (Å²) in [5, 5.41) is 0. The van der Waals surface area contributed by atoms with Crippen LogP contribution in [0.4, 0.5) is 13.2 Å². The van der Waals surface area contributed by atoms with E-state index in [-0.39, 0.29) is 19.4 Å². The van der Waals surface area contributed by atoms with Crippen molar-refractivity contribution >= 4 is 0 Å². The van der Waals surface area contributed by atoms with Crippen LogP contribution < -0.4 is 0 Å². The standard InChI is InChI=1S/C6H9F3O/c7-4-1-5(8)3-10-6(9)2-4/h4-6H,1-3H2. The number of halogens is 3. The van der Waals surface area contributed by atoms with E-state index in [9.17, 15) is 13.2 Å². The Bertz CT molecular complexity index is 97.2. The molecule has 0 aromatic heterocycles. The summed E-state index contributed by atoms with van der Waals surface area (Å²) < 4.78 is 41.3. The third-order valence-corrected chi connectivity index (χ3v) is 1.41. The third kappa shape index (κ3) is 2.17. The second kappa shape index (κ2) is 3.23. The van der Waals surface area contributed by atoms with E-state index < -0.39 is 18.7 Å². The number of rotatable bonds is 0. The molecule has 1 rings (SSSR count). The van der Waals surface area contributed by atoms with Gasteiger partial charge in [-0.25, -0.2) is 13.2 Å². The van der Waals surface area contributed by atoms with Crippen LogP contribution in [0.2, 0.25) is 0 Å². The highest BCUT2D eigenvalue weighted by atomic mass is 19.2. The second-order valence-electron chi connectivity index (χ2n) is 2.41. The summed E-state index contributed by atoms with van der Waals surface area (Å²) in [6, 6.07) is 0. The van der Waals surface area contributed by atoms with Crippen molar-refractivity contribution in [2.24, 2.45) is 0 Å². The zero-order chi connectivity index (χ0) is 7.56. The topological polar surface area (TPSA) is 9.23 Å². The first-order valence-electron chi connectivity index (χ1n) is 3.22. The Hall–Kier alpha value is -0.250. The molecular formula is C6H9F3O. The minimum Gasteiger partial charge on any atom is -0.345 e. The number of hydrogen-bond acceptors (Lipinski definition) is 1. The Morgan fingerprint density at radius 2 is 1.70 bits per heavy atom. The van der Waals surface area contributed by atoms with Crippen LogP contribution in [0.1, 0.15) is 12.8 Å². The predicted molar refractivity (Wildman–Crippen MR) is 29.9 cm³/mol. The Labute approximate surface area is 57.2 Å². The molecule has 0 saturated carbocycles. The molecule has 60 valence electrons. The SMILES string of the molecule is FC1COC(F)CC(F)C1. The molecule has 0 radical (unpaired) electrons. The first kappa shape index (κ1) is 7.85. The van der Waals surface area contributed by atoms with E-state index in [1.165, 1.54) is 0 Å². The second-order valence-corrected chi connectivity index (χ2v) is 2.41. The van der Waals surface area contributed by atoms with E-state index in [2.05, 4.69) is 4.74 Å². The van der Waals surface area contributed by atoms with Crippen LogP contribution >= 0.6 is 0 Å². The van der Waals surface area contributed by atoms with Crippen molar-refractivity contribution in [1.29, 1.82) is 0 Å². The average molecular weight is 154 g/mol. The summed E-state index contributed by atoms with van der Waals surface area (Å²) in [5.74, 6) is 0. The third-order valence-electron chi connectivity index (χ3n) is 1.41. The van der Waals surface area contributed by atoms with Crippen LogP contribution in [0.3, 0.4) is 0 Å². The molecule has 0 aromatic carbocycles. The number of ether oxygens (including phenoxy) is 1. The lowest BCUT2D eigenvalue weighted by atomic mass is 10.2. The van der Waals surface area contributed by atoms with E-state index in [4.69, 9.17) is 0 Å². The monoisotopic (exact) mass is 154 g/mol. The van der Waals surface area contributed by atoms with Crippen molar-refractivity contribution < 1.29 is 17.9 Å². The molecule has 1 fully saturated rings. The van der Waals surface area contributed by atoms with Gasteiger partial charge in [0.1, 0.15) is 12.3 Å². The molecule has 3 unspecified atom stereocenters. The molecule has 4 heteroatoms. The first-order chi connectivity index (χ1) is 4.68. The molecule has 0 aliphatic carbocycles. The minimum absolute atomic E-state index is 0.236. The quantitative estimate of drug-likeness (QED) is 0.516. The fourth-order valence-corrected chi connectivity index (χ4v) is 0.920. The van der Waals surface area contributed by atoms with Crippen LogP contribution in [0, 0.1) is 0 Å². The molecule has 0 N–H and O–H groups in total. The van der Waals surface area contributed by atoms with Gasteiger partial charge in [-0.05, 0) is 0 Å². The fourth-order valence-electron chi connectivity index (χ4n) is 0.920. The largest absolute Gasteiger partial charge is 0.345 e. The van der Waals surface area contributed by atoms with E-state index in [1.807, 2.05) is 0 Å². The molecule has 1 saturated heterocycles. The van der Waals surface area contributed by atoms with Gasteiger partial charge in [0.05, 0.1) is 6.61 Å². The van der Waals surface area contributed by atoms with Gasteiger partial charge in [0.15, 0.2) is 0 Å². The summed E-state index contributed by atoms with van der Waals surface area (Å²) in [4.78, 5) is 0. The summed E-state index contributed by atoms with van der Waals surface area (Å²) >= 11 is 0. The fraction of sp³-hybridized carbons (Fsp3) is 1.00. The van der Waals surface area contributed by atoms with Gasteiger partial charge >= 0.3 is 0 Å². The van der Waals surface area contributed by atoms with Crippen LogP contribution in [0.25, 0.3) is 0 Å². The Morgan fingerprint density at radius 1 is 1.00 bits per heavy atom. The van der Waals surface area contributed by atoms with Crippen LogP contribution in [0.15, 0.2) is 0 Å². The van der Waals surface area contributed by atoms with Crippen molar-refractivity contribution in [1.82, 2.24) is 0 Å². The van der Waals surface area contributed by atoms with Crippen LogP contribution in [0.5, 0.6) is 0 Å². The normalized spacial score (nSPS) is 42.9. The maximum Gasteiger partial charge on any atom is 0.201 e. The molecule has 1 heterocycles. The van der Waals surface area contributed by atoms with Gasteiger partial charge in [0, 0.05) is 12.8 Å². The predicted octanol–water partition coefficient (Wildman–Crippen LogP) is 1.77. The van der Waals surface area contributed by atoms with Gasteiger partial charge in [-0.3, -0.25) is 0 Å². The lowest BCUT2D eigenvalue weighted by Crippen LogP contribution is -2.10. The molecule has 0 spiro atoms. The molecule has 3 atom stereocenters. The zero-order valence-electron chi connectivity index (χ0n) is 5.40. The van der Waals surface area contributed by atoms with E-state index >= 15 is 0 Å². The minimum atomic E-state index is -1.63. The molecule has 0 amide bonds. The molecule has 1 aliphatic rings. The van der Waals surface area contributed by atoms with Gasteiger partial charge in [-0.2, -0.15) is 0 Å². The van der Waals surface area contributed by atoms with E-state index in [0.29, 0.717) is 0 Å². The van der Waals surface area contributed by atoms with Crippen molar-refractivity contribution in [3.05, 3.63) is 0 Å². The average Bonchev–Trinajstić information content (AvgIpc) is 1.93. The van der Waals surface area contributed by atoms with Crippen molar-refractivity contribution in [3.8, 4) is 0 Å². The van der Waals surface area contributed by atoms with Gasteiger partial charge in [0.2, 0.25) is 6.36 Å². The van der Waals surface area contributed by atoms with Crippen LogP contribution in [-0.2, 0) is 4.74 Å². The molecule has 0 aromatic rings. The van der Waals surface area contributed by atoms with Gasteiger partial charge in [0.25, 0.3) is 0 Å². The molecule has 1 aliphatic heterocycles. The van der Waals surface area contributed by atoms with Crippen LogP contribution in [-0.4, -0.2) is 25.3 Å². The van der Waals surface area contributed by atoms with Crippen molar-refractivity contribution in [2.75, 3.05) is 6.61 Å². The smallest absolute Gasteiger partial charge is 0.201 e. The molecular weight excluding hydrogens is 145 g/mol. The lowest BCUT2D eigenvalue weighted by Gasteiger charge is -2.03. The highest BCUT2D eigenvalue weighted by molar-refractivity contribution is 4.69. The number of alkyl halides is 3. The molecule has 10 heavy (non-hydrogen) atoms. The summed E-state index contributed by atoms with van der Waals surface area (Å²) in [6.45, 7) is -0.318. The Balaban J connectivity index is 2.38. The van der Waals surface area contributed by atoms with Crippen molar-refractivity contribution in [3.63, 3.8) is 0 Å². The van der Waals surface area contributed by atoms with Gasteiger partial charge in [-0.1, -0.05) is 0 Å². The maximum atomic E-state index is 12.4. The summed E-state index contributed by atoms with van der Waals surface area (Å²) in [5.41, 5.74) is 0. The van der Waals surface area contributed by atoms with E-state index in [1.54, 1.807) is 0 Å². The Morgan fingerprint density at radius 3 is 2.40 bits per heavy atom. The van der Waals surface area contributed by atoms with E-state index in [0.717, 1.165) is 0 Å². The van der Waals surface area contributed by atoms with Gasteiger partial charge < -0.3 is 4.74 Å². The number of hydrogen-bond donors (Lipinski definition) is 0. The molecule has 1 nitrogen and oxygen atoms in total. The highest BCUT2D eigenvalue weighted by Gasteiger charge is 2.25. The first-order valence-corrected chi connectivity index (χ1v) is 3.22. The highest BCUT2D eigenvalue weighted by Crippen LogP contribution is 2.19. The maximum absolute atomic E-state index is 12.4. The Kier molecular flexibility index (Phi) is 2.54. The van der Waals surface area contributed by atoms with Crippen molar-refractivity contribution in [2.45, 2.75) is 31.5 Å². The lowest BCUT2D eigenvalue weighted by molar-refractivity contribution is -0.0520.